The number of hydrogen-bond donors (Lipinski definition) is 1. The number of halogens is 1. The van der Waals surface area contributed by atoms with Gasteiger partial charge in [-0.1, -0.05) is 23.4 Å². The molecule has 0 bridgehead atoms. The number of anilines is 1. The van der Waals surface area contributed by atoms with Crippen molar-refractivity contribution in [1.29, 1.82) is 0 Å². The van der Waals surface area contributed by atoms with Crippen LogP contribution in [-0.2, 0) is 16.1 Å². The number of carbonyl (C=O) groups excluding carboxylic acids is 3. The molecule has 9 nitrogen and oxygen atoms in total. The molecule has 0 saturated carbocycles. The summed E-state index contributed by atoms with van der Waals surface area (Å²) in [4.78, 5) is 37.6. The van der Waals surface area contributed by atoms with Gasteiger partial charge in [-0.05, 0) is 51.5 Å². The standard InChI is InChI=1S/C23H25ClN4O5S2/c1-6-28-20(15-10-14(24)8-9-16(15)32-5)26-27-23(28)34-11-17(30)25-21-18(22(31)33-7-2)12(3)19(35-21)13(4)29/h8-10H,6-7,11H2,1-5H3,(H,25,30). The number of nitrogens with one attached hydrogen (secondary N) is 1. The summed E-state index contributed by atoms with van der Waals surface area (Å²) in [6.07, 6.45) is 0. The van der Waals surface area contributed by atoms with Crippen LogP contribution in [0.15, 0.2) is 23.4 Å². The zero-order valence-corrected chi connectivity index (χ0v) is 22.3. The molecule has 186 valence electrons. The number of aromatic nitrogens is 3. The molecule has 0 atom stereocenters. The molecule has 0 fully saturated rings. The number of ether oxygens (including phenoxy) is 2. The topological polar surface area (TPSA) is 112 Å². The lowest BCUT2D eigenvalue weighted by Gasteiger charge is -2.11. The van der Waals surface area contributed by atoms with Crippen molar-refractivity contribution in [3.05, 3.63) is 39.2 Å². The molecule has 1 N–H and O–H groups in total. The Morgan fingerprint density at radius 1 is 1.23 bits per heavy atom. The number of methoxy groups -OCH3 is 1. The van der Waals surface area contributed by atoms with Gasteiger partial charge in [-0.3, -0.25) is 9.59 Å². The number of Topliss-reactive ketones (excluding diaryl/α,β-unsaturated/α-hetero) is 1. The Balaban J connectivity index is 1.81. The Morgan fingerprint density at radius 3 is 2.60 bits per heavy atom. The first-order chi connectivity index (χ1) is 16.7. The van der Waals surface area contributed by atoms with E-state index in [4.69, 9.17) is 21.1 Å². The maximum atomic E-state index is 12.8. The molecule has 3 rings (SSSR count). The summed E-state index contributed by atoms with van der Waals surface area (Å²) in [5.41, 5.74) is 1.39. The average molecular weight is 537 g/mol. The molecule has 0 saturated heterocycles. The molecule has 2 heterocycles. The second-order valence-electron chi connectivity index (χ2n) is 7.27. The number of thioether (sulfide) groups is 1. The number of nitrogens with zero attached hydrogens (tertiary/aromatic N) is 3. The van der Waals surface area contributed by atoms with Gasteiger partial charge in [0.1, 0.15) is 10.8 Å². The number of hydrogen-bond acceptors (Lipinski definition) is 9. The van der Waals surface area contributed by atoms with E-state index in [0.717, 1.165) is 11.3 Å². The maximum absolute atomic E-state index is 12.8. The lowest BCUT2D eigenvalue weighted by atomic mass is 10.1. The highest BCUT2D eigenvalue weighted by Crippen LogP contribution is 2.35. The minimum absolute atomic E-state index is 0.0133. The molecule has 12 heteroatoms. The van der Waals surface area contributed by atoms with Crippen molar-refractivity contribution in [3.63, 3.8) is 0 Å². The van der Waals surface area contributed by atoms with Crippen molar-refractivity contribution in [2.45, 2.75) is 39.4 Å². The molecule has 1 amide bonds. The Labute approximate surface area is 216 Å². The van der Waals surface area contributed by atoms with E-state index in [1.54, 1.807) is 39.2 Å². The van der Waals surface area contributed by atoms with Crippen molar-refractivity contribution in [2.75, 3.05) is 24.8 Å². The molecule has 35 heavy (non-hydrogen) atoms. The van der Waals surface area contributed by atoms with Crippen LogP contribution in [0.2, 0.25) is 5.02 Å². The number of ketones is 1. The number of carbonyl (C=O) groups is 3. The van der Waals surface area contributed by atoms with Crippen molar-refractivity contribution in [2.24, 2.45) is 0 Å². The predicted octanol–water partition coefficient (Wildman–Crippen LogP) is 5.11. The Hall–Kier alpha value is -2.89. The van der Waals surface area contributed by atoms with Gasteiger partial charge < -0.3 is 19.4 Å². The highest BCUT2D eigenvalue weighted by molar-refractivity contribution is 7.99. The largest absolute Gasteiger partial charge is 0.496 e. The second kappa shape index (κ2) is 11.7. The van der Waals surface area contributed by atoms with Gasteiger partial charge in [-0.15, -0.1) is 21.5 Å². The van der Waals surface area contributed by atoms with Gasteiger partial charge in [0.05, 0.1) is 35.5 Å². The Kier molecular flexibility index (Phi) is 8.92. The fourth-order valence-electron chi connectivity index (χ4n) is 3.41. The van der Waals surface area contributed by atoms with E-state index in [1.807, 2.05) is 11.5 Å². The molecule has 3 aromatic rings. The van der Waals surface area contributed by atoms with Crippen LogP contribution in [0.1, 0.15) is 46.4 Å². The van der Waals surface area contributed by atoms with Crippen LogP contribution in [0.25, 0.3) is 11.4 Å². The normalized spacial score (nSPS) is 10.8. The fraction of sp³-hybridized carbons (Fsp3) is 0.348. The van der Waals surface area contributed by atoms with Crippen LogP contribution >= 0.6 is 34.7 Å². The van der Waals surface area contributed by atoms with Gasteiger partial charge in [0, 0.05) is 11.6 Å². The molecular weight excluding hydrogens is 512 g/mol. The number of benzene rings is 1. The molecule has 0 unspecified atom stereocenters. The first-order valence-electron chi connectivity index (χ1n) is 10.7. The molecule has 2 aromatic heterocycles. The van der Waals surface area contributed by atoms with E-state index in [1.165, 1.54) is 18.7 Å². The third kappa shape index (κ3) is 5.85. The van der Waals surface area contributed by atoms with E-state index < -0.39 is 5.97 Å². The zero-order valence-electron chi connectivity index (χ0n) is 19.9. The van der Waals surface area contributed by atoms with Gasteiger partial charge >= 0.3 is 5.97 Å². The van der Waals surface area contributed by atoms with Gasteiger partial charge in [0.25, 0.3) is 0 Å². The fourth-order valence-corrected chi connectivity index (χ4v) is 5.49. The predicted molar refractivity (Wildman–Crippen MR) is 137 cm³/mol. The van der Waals surface area contributed by atoms with Crippen LogP contribution in [0, 0.1) is 6.92 Å². The number of amides is 1. The van der Waals surface area contributed by atoms with Crippen LogP contribution in [0.5, 0.6) is 5.75 Å². The summed E-state index contributed by atoms with van der Waals surface area (Å²) >= 11 is 8.43. The minimum atomic E-state index is -0.581. The summed E-state index contributed by atoms with van der Waals surface area (Å²) in [7, 11) is 1.56. The SMILES string of the molecule is CCOC(=O)c1c(NC(=O)CSc2nnc(-c3cc(Cl)ccc3OC)n2CC)sc(C(C)=O)c1C. The third-order valence-electron chi connectivity index (χ3n) is 4.97. The summed E-state index contributed by atoms with van der Waals surface area (Å²) in [6.45, 7) is 7.45. The van der Waals surface area contributed by atoms with Crippen LogP contribution in [0.3, 0.4) is 0 Å². The molecule has 0 aliphatic carbocycles. The lowest BCUT2D eigenvalue weighted by molar-refractivity contribution is -0.113. The van der Waals surface area contributed by atoms with E-state index in [-0.39, 0.29) is 34.6 Å². The molecule has 0 spiro atoms. The van der Waals surface area contributed by atoms with Crippen molar-refractivity contribution in [1.82, 2.24) is 14.8 Å². The zero-order chi connectivity index (χ0) is 25.7. The maximum Gasteiger partial charge on any atom is 0.341 e. The van der Waals surface area contributed by atoms with Crippen molar-refractivity contribution >= 4 is 57.4 Å². The summed E-state index contributed by atoms with van der Waals surface area (Å²) < 4.78 is 12.4. The van der Waals surface area contributed by atoms with Crippen molar-refractivity contribution < 1.29 is 23.9 Å². The van der Waals surface area contributed by atoms with Gasteiger partial charge in [-0.25, -0.2) is 4.79 Å². The van der Waals surface area contributed by atoms with E-state index in [9.17, 15) is 14.4 Å². The summed E-state index contributed by atoms with van der Waals surface area (Å²) in [5, 5.41) is 12.6. The highest BCUT2D eigenvalue weighted by Gasteiger charge is 2.25. The second-order valence-corrected chi connectivity index (χ2v) is 9.67. The quantitative estimate of drug-likeness (QED) is 0.216. The van der Waals surface area contributed by atoms with Gasteiger partial charge in [0.15, 0.2) is 16.8 Å². The molecule has 0 radical (unpaired) electrons. The first-order valence-corrected chi connectivity index (χ1v) is 12.9. The van der Waals surface area contributed by atoms with Gasteiger partial charge in [0.2, 0.25) is 5.91 Å². The molecule has 1 aromatic carbocycles. The van der Waals surface area contributed by atoms with E-state index in [0.29, 0.717) is 44.3 Å². The van der Waals surface area contributed by atoms with Crippen LogP contribution < -0.4 is 10.1 Å². The van der Waals surface area contributed by atoms with E-state index in [2.05, 4.69) is 15.5 Å². The summed E-state index contributed by atoms with van der Waals surface area (Å²) in [5.74, 6) is 0.0604. The number of esters is 1. The molecular formula is C23H25ClN4O5S2. The number of thiophene rings is 1. The first kappa shape index (κ1) is 26.7. The highest BCUT2D eigenvalue weighted by atomic mass is 35.5. The van der Waals surface area contributed by atoms with Gasteiger partial charge in [-0.2, -0.15) is 0 Å². The number of rotatable bonds is 10. The Bertz CT molecular complexity index is 1270. The summed E-state index contributed by atoms with van der Waals surface area (Å²) in [6, 6.07) is 5.23. The Morgan fingerprint density at radius 2 is 1.97 bits per heavy atom. The lowest BCUT2D eigenvalue weighted by Crippen LogP contribution is -2.17. The van der Waals surface area contributed by atoms with E-state index >= 15 is 0 Å². The monoisotopic (exact) mass is 536 g/mol. The average Bonchev–Trinajstić information content (AvgIpc) is 3.38. The van der Waals surface area contributed by atoms with Crippen LogP contribution in [0.4, 0.5) is 5.00 Å². The van der Waals surface area contributed by atoms with Crippen LogP contribution in [-0.4, -0.2) is 51.9 Å². The van der Waals surface area contributed by atoms with Crippen molar-refractivity contribution in [3.8, 4) is 17.1 Å². The molecule has 0 aliphatic rings. The third-order valence-corrected chi connectivity index (χ3v) is 7.48. The minimum Gasteiger partial charge on any atom is -0.496 e. The smallest absolute Gasteiger partial charge is 0.341 e. The molecule has 0 aliphatic heterocycles.